The van der Waals surface area contributed by atoms with Crippen LogP contribution in [0.1, 0.15) is 68.2 Å². The number of hydrogen-bond acceptors (Lipinski definition) is 12. The molecule has 10 atom stereocenters. The van der Waals surface area contributed by atoms with Crippen LogP contribution in [0.3, 0.4) is 0 Å². The first kappa shape index (κ1) is 30.5. The number of aliphatic hydroxyl groups excluding tert-OH is 1. The van der Waals surface area contributed by atoms with Gasteiger partial charge in [0.25, 0.3) is 0 Å². The minimum Gasteiger partial charge on any atom is -0.458 e. The third-order valence-corrected chi connectivity index (χ3v) is 11.9. The molecule has 12 nitrogen and oxygen atoms in total. The molecule has 6 fully saturated rings. The van der Waals surface area contributed by atoms with Crippen molar-refractivity contribution < 1.29 is 57.5 Å². The highest BCUT2D eigenvalue weighted by atomic mass is 16.7. The average Bonchev–Trinajstić information content (AvgIpc) is 3.24. The molecule has 3 bridgehead atoms. The highest BCUT2D eigenvalue weighted by Crippen LogP contribution is 2.85. The summed E-state index contributed by atoms with van der Waals surface area (Å²) >= 11 is 0. The average molecular weight is 615 g/mol. The Morgan fingerprint density at radius 2 is 1.59 bits per heavy atom. The van der Waals surface area contributed by atoms with Gasteiger partial charge in [0.2, 0.25) is 5.60 Å². The van der Waals surface area contributed by atoms with Crippen LogP contribution < -0.4 is 0 Å². The van der Waals surface area contributed by atoms with E-state index in [9.17, 15) is 29.1 Å². The van der Waals surface area contributed by atoms with E-state index in [0.29, 0.717) is 0 Å². The summed E-state index contributed by atoms with van der Waals surface area (Å²) in [5.74, 6) is -4.09. The summed E-state index contributed by atoms with van der Waals surface area (Å²) in [6.45, 7) is 21.1. The molecular weight excluding hydrogens is 576 g/mol. The van der Waals surface area contributed by atoms with Crippen molar-refractivity contribution in [3.8, 4) is 0 Å². The maximum Gasteiger partial charge on any atom is 0.345 e. The number of cyclic esters (lactones) is 2. The van der Waals surface area contributed by atoms with Crippen LogP contribution in [0.4, 0.5) is 0 Å². The van der Waals surface area contributed by atoms with E-state index in [4.69, 9.17) is 28.4 Å². The lowest BCUT2D eigenvalue weighted by Gasteiger charge is -2.70. The van der Waals surface area contributed by atoms with Crippen molar-refractivity contribution in [2.75, 3.05) is 0 Å². The van der Waals surface area contributed by atoms with E-state index in [1.165, 1.54) is 20.8 Å². The smallest absolute Gasteiger partial charge is 0.345 e. The van der Waals surface area contributed by atoms with Crippen molar-refractivity contribution in [1.82, 2.24) is 0 Å². The summed E-state index contributed by atoms with van der Waals surface area (Å²) in [5.41, 5.74) is -12.0. The molecule has 12 heteroatoms. The fourth-order valence-corrected chi connectivity index (χ4v) is 9.60. The van der Waals surface area contributed by atoms with E-state index in [1.807, 2.05) is 0 Å². The van der Waals surface area contributed by atoms with Crippen molar-refractivity contribution in [3.63, 3.8) is 0 Å². The van der Waals surface area contributed by atoms with Gasteiger partial charge in [0.05, 0.1) is 5.41 Å². The number of allylic oxidation sites excluding steroid dienone is 1. The molecule has 4 saturated heterocycles. The first-order valence-electron chi connectivity index (χ1n) is 14.7. The standard InChI is InChI=1S/C32H38O12/c1-11-14(2)21(35)41-20-13-29(12-19(34)22(36)42-26(29,7)8)16(4)31-23(40-18(6)33)27(9)15(3)30(28(20,31)10)24(37)39-17(5)32(30,44-31)25(38)43-27/h11,17,19-20,23,34H,3-4,12-13H2,1-2,5-10H3/b14-11+/t17-,19-,20-,23-,27+,28-,29+,30+,31+,32-/m0/s1. The van der Waals surface area contributed by atoms with Gasteiger partial charge in [-0.1, -0.05) is 26.2 Å². The number of ether oxygens (including phenoxy) is 6. The predicted molar refractivity (Wildman–Crippen MR) is 148 cm³/mol. The Morgan fingerprint density at radius 3 is 2.18 bits per heavy atom. The second-order valence-corrected chi connectivity index (χ2v) is 13.8. The molecule has 0 aromatic heterocycles. The molecule has 238 valence electrons. The fraction of sp³-hybridized carbons (Fsp3) is 0.656. The van der Waals surface area contributed by atoms with Crippen LogP contribution >= 0.6 is 0 Å². The van der Waals surface area contributed by atoms with Crippen molar-refractivity contribution >= 4 is 29.8 Å². The van der Waals surface area contributed by atoms with Gasteiger partial charge in [-0.2, -0.15) is 0 Å². The van der Waals surface area contributed by atoms with Crippen molar-refractivity contribution in [2.24, 2.45) is 16.2 Å². The summed E-state index contributed by atoms with van der Waals surface area (Å²) in [5, 5.41) is 10.9. The Labute approximate surface area is 254 Å². The largest absolute Gasteiger partial charge is 0.458 e. The van der Waals surface area contributed by atoms with Gasteiger partial charge in [0.1, 0.15) is 28.8 Å². The van der Waals surface area contributed by atoms with Crippen LogP contribution in [0.2, 0.25) is 0 Å². The van der Waals surface area contributed by atoms with Gasteiger partial charge < -0.3 is 33.5 Å². The number of rotatable bonds is 3. The second kappa shape index (κ2) is 8.39. The molecule has 2 spiro atoms. The first-order chi connectivity index (χ1) is 20.2. The summed E-state index contributed by atoms with van der Waals surface area (Å²) in [4.78, 5) is 67.8. The molecule has 4 aliphatic heterocycles. The molecule has 6 aliphatic rings. The Kier molecular flexibility index (Phi) is 5.82. The van der Waals surface area contributed by atoms with Gasteiger partial charge in [-0.3, -0.25) is 9.59 Å². The Morgan fingerprint density at radius 1 is 0.955 bits per heavy atom. The zero-order chi connectivity index (χ0) is 32.8. The molecule has 1 N–H and O–H groups in total. The topological polar surface area (TPSA) is 161 Å². The number of fused-ring (bicyclic) bond motifs is 1. The van der Waals surface area contributed by atoms with Gasteiger partial charge in [-0.25, -0.2) is 14.4 Å². The van der Waals surface area contributed by atoms with Gasteiger partial charge >= 0.3 is 29.8 Å². The monoisotopic (exact) mass is 614 g/mol. The molecule has 0 aromatic rings. The van der Waals surface area contributed by atoms with Crippen LogP contribution in [0, 0.1) is 16.2 Å². The molecule has 2 saturated carbocycles. The zero-order valence-electron chi connectivity index (χ0n) is 26.2. The lowest BCUT2D eigenvalue weighted by molar-refractivity contribution is -0.276. The minimum absolute atomic E-state index is 0.0720. The third kappa shape index (κ3) is 2.74. The van der Waals surface area contributed by atoms with E-state index in [1.54, 1.807) is 40.7 Å². The molecule has 0 aromatic carbocycles. The number of aliphatic hydroxyl groups is 1. The summed E-state index contributed by atoms with van der Waals surface area (Å²) in [6.07, 6.45) is -4.37. The van der Waals surface area contributed by atoms with Gasteiger partial charge in [0, 0.05) is 17.9 Å². The second-order valence-electron chi connectivity index (χ2n) is 13.8. The highest BCUT2D eigenvalue weighted by Gasteiger charge is 3.01. The molecular formula is C32H38O12. The van der Waals surface area contributed by atoms with E-state index in [0.717, 1.165) is 0 Å². The fourth-order valence-electron chi connectivity index (χ4n) is 9.60. The van der Waals surface area contributed by atoms with Crippen LogP contribution in [0.25, 0.3) is 0 Å². The molecule has 4 heterocycles. The number of carbonyl (C=O) groups is 5. The highest BCUT2D eigenvalue weighted by molar-refractivity contribution is 6.03. The Hall–Kier alpha value is -3.51. The summed E-state index contributed by atoms with van der Waals surface area (Å²) in [6, 6.07) is 0. The SMILES string of the molecule is C=C1[C@]2(C[C@H](OC(=O)/C(C)=C/C)[C@@]3(C)[C@]45C(=C)[C@@]6(C)OC(=O)[C@@]4(O[C@@]13[C@H]6OC(C)=O)[C@H](C)OC5=O)C[C@H](O)C(=O)OC2(C)C. The van der Waals surface area contributed by atoms with Gasteiger partial charge in [-0.05, 0) is 65.5 Å². The van der Waals surface area contributed by atoms with Crippen LogP contribution in [0.5, 0.6) is 0 Å². The minimum atomic E-state index is -2.15. The summed E-state index contributed by atoms with van der Waals surface area (Å²) in [7, 11) is 0. The van der Waals surface area contributed by atoms with Crippen molar-refractivity contribution in [3.05, 3.63) is 36.0 Å². The third-order valence-electron chi connectivity index (χ3n) is 11.9. The molecule has 0 unspecified atom stereocenters. The number of esters is 5. The van der Waals surface area contributed by atoms with E-state index in [2.05, 4.69) is 13.2 Å². The van der Waals surface area contributed by atoms with Crippen molar-refractivity contribution in [1.29, 1.82) is 0 Å². The lowest BCUT2D eigenvalue weighted by atomic mass is 9.34. The maximum absolute atomic E-state index is 14.4. The molecule has 0 radical (unpaired) electrons. The maximum atomic E-state index is 14.4. The van der Waals surface area contributed by atoms with Gasteiger partial charge in [-0.15, -0.1) is 0 Å². The molecule has 0 amide bonds. The number of carbonyl (C=O) groups excluding carboxylic acids is 5. The van der Waals surface area contributed by atoms with Gasteiger partial charge in [0.15, 0.2) is 17.8 Å². The Bertz CT molecular complexity index is 1520. The molecule has 6 rings (SSSR count). The Balaban J connectivity index is 1.77. The summed E-state index contributed by atoms with van der Waals surface area (Å²) < 4.78 is 37.0. The van der Waals surface area contributed by atoms with Crippen LogP contribution in [-0.4, -0.2) is 81.8 Å². The normalized spacial score (nSPS) is 48.3. The van der Waals surface area contributed by atoms with E-state index >= 15 is 0 Å². The number of hydrogen-bond donors (Lipinski definition) is 1. The van der Waals surface area contributed by atoms with E-state index in [-0.39, 0.29) is 29.6 Å². The van der Waals surface area contributed by atoms with E-state index < -0.39 is 92.9 Å². The predicted octanol–water partition coefficient (Wildman–Crippen LogP) is 2.16. The van der Waals surface area contributed by atoms with Crippen molar-refractivity contribution in [2.45, 2.75) is 115 Å². The van der Waals surface area contributed by atoms with Crippen LogP contribution in [0.15, 0.2) is 36.0 Å². The molecule has 44 heavy (non-hydrogen) atoms. The first-order valence-corrected chi connectivity index (χ1v) is 14.7. The quantitative estimate of drug-likeness (QED) is 0.214. The zero-order valence-corrected chi connectivity index (χ0v) is 26.2. The molecule has 2 aliphatic carbocycles. The van der Waals surface area contributed by atoms with Crippen LogP contribution in [-0.2, 0) is 52.4 Å². The lowest BCUT2D eigenvalue weighted by Crippen LogP contribution is -2.83.